The van der Waals surface area contributed by atoms with Crippen LogP contribution in [0, 0.1) is 0 Å². The van der Waals surface area contributed by atoms with Crippen molar-refractivity contribution in [2.45, 2.75) is 69.8 Å². The molecule has 0 spiro atoms. The van der Waals surface area contributed by atoms with E-state index in [1.807, 2.05) is 60.7 Å². The second-order valence-electron chi connectivity index (χ2n) is 13.7. The summed E-state index contributed by atoms with van der Waals surface area (Å²) in [4.78, 5) is 0. The molecule has 1 unspecified atom stereocenters. The molecule has 5 aromatic rings. The molecule has 5 atom stereocenters. The monoisotopic (exact) mass is 730 g/mol. The van der Waals surface area contributed by atoms with Crippen LogP contribution in [-0.4, -0.2) is 58.5 Å². The summed E-state index contributed by atoms with van der Waals surface area (Å²) in [5, 5.41) is 0. The molecule has 2 heterocycles. The third-order valence-electron chi connectivity index (χ3n) is 10.2. The van der Waals surface area contributed by atoms with E-state index < -0.39 is 30.2 Å². The van der Waals surface area contributed by atoms with E-state index in [1.54, 1.807) is 14.2 Å². The molecule has 0 saturated carbocycles. The number of hydrogen-bond donors (Lipinski definition) is 0. The van der Waals surface area contributed by atoms with Crippen molar-refractivity contribution in [3.63, 3.8) is 0 Å². The predicted molar refractivity (Wildman–Crippen MR) is 207 cm³/mol. The Hall–Kier alpha value is -4.54. The number of benzene rings is 5. The second kappa shape index (κ2) is 18.2. The van der Waals surface area contributed by atoms with Gasteiger partial charge in [-0.25, -0.2) is 0 Å². The lowest BCUT2D eigenvalue weighted by Crippen LogP contribution is -2.66. The third-order valence-corrected chi connectivity index (χ3v) is 10.2. The van der Waals surface area contributed by atoms with Crippen molar-refractivity contribution < 1.29 is 37.9 Å². The quantitative estimate of drug-likeness (QED) is 0.101. The van der Waals surface area contributed by atoms with Crippen LogP contribution in [0.5, 0.6) is 11.5 Å². The lowest BCUT2D eigenvalue weighted by Gasteiger charge is -2.52. The molecule has 0 N–H and O–H groups in total. The maximum atomic E-state index is 7.17. The highest BCUT2D eigenvalue weighted by Crippen LogP contribution is 2.45. The fourth-order valence-corrected chi connectivity index (χ4v) is 7.42. The first kappa shape index (κ1) is 37.8. The van der Waals surface area contributed by atoms with Crippen LogP contribution in [0.2, 0.25) is 0 Å². The van der Waals surface area contributed by atoms with Gasteiger partial charge in [0.2, 0.25) is 5.79 Å². The van der Waals surface area contributed by atoms with Gasteiger partial charge in [-0.15, -0.1) is 0 Å². The van der Waals surface area contributed by atoms with Crippen molar-refractivity contribution in [2.24, 2.45) is 0 Å². The smallest absolute Gasteiger partial charge is 0.225 e. The molecule has 8 nitrogen and oxygen atoms in total. The molecule has 0 aliphatic carbocycles. The van der Waals surface area contributed by atoms with Gasteiger partial charge in [0.05, 0.1) is 26.4 Å². The van der Waals surface area contributed by atoms with Gasteiger partial charge in [0.1, 0.15) is 37.6 Å². The molecule has 0 bridgehead atoms. The van der Waals surface area contributed by atoms with Crippen LogP contribution in [0.25, 0.3) is 0 Å². The highest BCUT2D eigenvalue weighted by atomic mass is 16.7. The maximum absolute atomic E-state index is 7.17. The maximum Gasteiger partial charge on any atom is 0.225 e. The molecule has 8 heteroatoms. The Morgan fingerprint density at radius 2 is 1.19 bits per heavy atom. The summed E-state index contributed by atoms with van der Waals surface area (Å²) in [6, 6.07) is 43.0. The molecule has 0 radical (unpaired) electrons. The topological polar surface area (TPSA) is 73.8 Å². The van der Waals surface area contributed by atoms with Crippen LogP contribution >= 0.6 is 0 Å². The number of hydrogen-bond acceptors (Lipinski definition) is 8. The van der Waals surface area contributed by atoms with Crippen molar-refractivity contribution in [3.05, 3.63) is 166 Å². The van der Waals surface area contributed by atoms with Crippen molar-refractivity contribution >= 4 is 0 Å². The van der Waals surface area contributed by atoms with E-state index in [-0.39, 0.29) is 6.61 Å². The van der Waals surface area contributed by atoms with E-state index in [9.17, 15) is 0 Å². The molecule has 2 aliphatic heterocycles. The molecule has 0 aromatic heterocycles. The minimum absolute atomic E-state index is 0.248. The van der Waals surface area contributed by atoms with Crippen molar-refractivity contribution in [3.8, 4) is 11.5 Å². The van der Waals surface area contributed by atoms with Gasteiger partial charge in [-0.1, -0.05) is 116 Å². The van der Waals surface area contributed by atoms with E-state index in [2.05, 4.69) is 73.7 Å². The van der Waals surface area contributed by atoms with Crippen LogP contribution in [0.3, 0.4) is 0 Å². The zero-order valence-electron chi connectivity index (χ0n) is 31.4. The number of rotatable bonds is 16. The summed E-state index contributed by atoms with van der Waals surface area (Å²) in [6.07, 6.45) is -0.970. The first-order valence-electron chi connectivity index (χ1n) is 18.8. The van der Waals surface area contributed by atoms with E-state index in [1.165, 1.54) is 5.56 Å². The van der Waals surface area contributed by atoms with Gasteiger partial charge in [0, 0.05) is 19.8 Å². The van der Waals surface area contributed by atoms with Crippen LogP contribution in [-0.2, 0) is 66.9 Å². The Kier molecular flexibility index (Phi) is 12.7. The standard InChI is InChI=1S/C46H50O8/c1-4-37-21-22-39(28-38(37)26-36-20-23-40-41(27-36)50-25-24-49-40)46(48-3)45(53-31-35-18-12-7-13-19-35)44(52-30-34-16-10-6-11-17-34)43(42(54-46)32-47-2)51-29-33-14-8-5-9-15-33/h5-23,27-28,42-45H,4,24-26,29-32H2,1-3H3/t42-,43-,44+,45-,46?/m1/s1. The van der Waals surface area contributed by atoms with Crippen LogP contribution in [0.1, 0.15) is 45.9 Å². The van der Waals surface area contributed by atoms with Crippen LogP contribution in [0.4, 0.5) is 0 Å². The molecule has 2 aliphatic rings. The van der Waals surface area contributed by atoms with Crippen LogP contribution < -0.4 is 9.47 Å². The third kappa shape index (κ3) is 8.71. The normalized spacial score (nSPS) is 22.2. The zero-order chi connectivity index (χ0) is 37.2. The number of fused-ring (bicyclic) bond motifs is 1. The van der Waals surface area contributed by atoms with Gasteiger partial charge < -0.3 is 37.9 Å². The molecule has 5 aromatic carbocycles. The lowest BCUT2D eigenvalue weighted by atomic mass is 9.85. The summed E-state index contributed by atoms with van der Waals surface area (Å²) in [5.74, 6) is 0.157. The van der Waals surface area contributed by atoms with Crippen molar-refractivity contribution in [1.82, 2.24) is 0 Å². The summed E-state index contributed by atoms with van der Waals surface area (Å²) < 4.78 is 52.1. The highest BCUT2D eigenvalue weighted by molar-refractivity contribution is 5.46. The van der Waals surface area contributed by atoms with Gasteiger partial charge in [0.25, 0.3) is 0 Å². The first-order valence-corrected chi connectivity index (χ1v) is 18.8. The molecule has 54 heavy (non-hydrogen) atoms. The fourth-order valence-electron chi connectivity index (χ4n) is 7.42. The molecular formula is C46H50O8. The van der Waals surface area contributed by atoms with Gasteiger partial charge in [0.15, 0.2) is 11.5 Å². The Morgan fingerprint density at radius 3 is 1.78 bits per heavy atom. The van der Waals surface area contributed by atoms with Gasteiger partial charge in [-0.05, 0) is 64.4 Å². The minimum atomic E-state index is -1.39. The Balaban J connectivity index is 1.31. The van der Waals surface area contributed by atoms with E-state index >= 15 is 0 Å². The Bertz CT molecular complexity index is 1900. The fraction of sp³-hybridized carbons (Fsp3) is 0.348. The Morgan fingerprint density at radius 1 is 0.593 bits per heavy atom. The highest BCUT2D eigenvalue weighted by Gasteiger charge is 2.58. The van der Waals surface area contributed by atoms with Crippen molar-refractivity contribution in [2.75, 3.05) is 34.0 Å². The van der Waals surface area contributed by atoms with Gasteiger partial charge in [-0.2, -0.15) is 0 Å². The molecule has 7 rings (SSSR count). The minimum Gasteiger partial charge on any atom is -0.486 e. The van der Waals surface area contributed by atoms with Crippen molar-refractivity contribution in [1.29, 1.82) is 0 Å². The summed E-state index contributed by atoms with van der Waals surface area (Å²) in [6.45, 7) is 4.52. The number of aryl methyl sites for hydroxylation is 1. The van der Waals surface area contributed by atoms with E-state index in [0.29, 0.717) is 39.5 Å². The predicted octanol–water partition coefficient (Wildman–Crippen LogP) is 8.21. The molecule has 1 fully saturated rings. The number of methoxy groups -OCH3 is 2. The van der Waals surface area contributed by atoms with Crippen LogP contribution in [0.15, 0.2) is 127 Å². The molecule has 1 saturated heterocycles. The number of ether oxygens (including phenoxy) is 8. The largest absolute Gasteiger partial charge is 0.486 e. The second-order valence-corrected chi connectivity index (χ2v) is 13.7. The molecular weight excluding hydrogens is 680 g/mol. The SMILES string of the molecule is CCc1ccc(C2(OC)O[C@H](COC)[C@@H](OCc3ccccc3)[C@H](OCc3ccccc3)[C@H]2OCc2ccccc2)cc1Cc1ccc2c(c1)OCCO2. The summed E-state index contributed by atoms with van der Waals surface area (Å²) in [5.41, 5.74) is 7.42. The lowest BCUT2D eigenvalue weighted by molar-refractivity contribution is -0.385. The van der Waals surface area contributed by atoms with Gasteiger partial charge in [-0.3, -0.25) is 0 Å². The first-order chi connectivity index (χ1) is 26.6. The Labute approximate surface area is 318 Å². The molecule has 282 valence electrons. The van der Waals surface area contributed by atoms with Gasteiger partial charge >= 0.3 is 0 Å². The zero-order valence-corrected chi connectivity index (χ0v) is 31.4. The van der Waals surface area contributed by atoms with E-state index in [4.69, 9.17) is 37.9 Å². The molecule has 0 amide bonds. The average molecular weight is 731 g/mol. The summed E-state index contributed by atoms with van der Waals surface area (Å²) in [7, 11) is 3.35. The average Bonchev–Trinajstić information content (AvgIpc) is 3.23. The summed E-state index contributed by atoms with van der Waals surface area (Å²) >= 11 is 0. The van der Waals surface area contributed by atoms with E-state index in [0.717, 1.165) is 51.3 Å².